The fraction of sp³-hybridized carbons (Fsp3) is 0.538. The van der Waals surface area contributed by atoms with Gasteiger partial charge in [0.1, 0.15) is 12.4 Å². The van der Waals surface area contributed by atoms with Crippen molar-refractivity contribution >= 4 is 11.2 Å². The first-order valence-corrected chi connectivity index (χ1v) is 6.10. The van der Waals surface area contributed by atoms with Gasteiger partial charge in [-0.05, 0) is 33.8 Å². The minimum absolute atomic E-state index is 0.178. The van der Waals surface area contributed by atoms with E-state index in [1.54, 1.807) is 0 Å². The lowest BCUT2D eigenvalue weighted by molar-refractivity contribution is -0.0177. The van der Waals surface area contributed by atoms with Gasteiger partial charge in [0.25, 0.3) is 0 Å². The average Bonchev–Trinajstić information content (AvgIpc) is 2.68. The van der Waals surface area contributed by atoms with Gasteiger partial charge in [-0.2, -0.15) is 4.98 Å². The minimum Gasteiger partial charge on any atom is -0.478 e. The quantitative estimate of drug-likeness (QED) is 0.905. The summed E-state index contributed by atoms with van der Waals surface area (Å²) < 4.78 is 11.0. The lowest BCUT2D eigenvalue weighted by Gasteiger charge is -2.18. The van der Waals surface area contributed by atoms with Crippen LogP contribution in [0.25, 0.3) is 11.2 Å². The molecule has 0 unspecified atom stereocenters. The van der Waals surface area contributed by atoms with E-state index in [2.05, 4.69) is 15.0 Å². The third-order valence-corrected chi connectivity index (χ3v) is 2.30. The van der Waals surface area contributed by atoms with Crippen molar-refractivity contribution in [1.82, 2.24) is 15.0 Å². The van der Waals surface area contributed by atoms with Crippen LogP contribution in [0.3, 0.4) is 0 Å². The van der Waals surface area contributed by atoms with Crippen LogP contribution in [0, 0.1) is 0 Å². The molecule has 0 aliphatic carbocycles. The summed E-state index contributed by atoms with van der Waals surface area (Å²) in [6.07, 6.45) is 0. The predicted octanol–water partition coefficient (Wildman–Crippen LogP) is 2.67. The van der Waals surface area contributed by atoms with E-state index < -0.39 is 0 Å². The van der Waals surface area contributed by atoms with Gasteiger partial charge in [-0.15, -0.1) is 0 Å². The summed E-state index contributed by atoms with van der Waals surface area (Å²) in [6, 6.07) is 3.75. The number of nitrogens with zero attached hydrogens (tertiary/aromatic N) is 2. The van der Waals surface area contributed by atoms with Crippen molar-refractivity contribution in [3.05, 3.63) is 18.0 Å². The van der Waals surface area contributed by atoms with Gasteiger partial charge in [0, 0.05) is 6.07 Å². The van der Waals surface area contributed by atoms with Gasteiger partial charge in [0.2, 0.25) is 5.88 Å². The summed E-state index contributed by atoms with van der Waals surface area (Å²) in [5.41, 5.74) is 1.38. The van der Waals surface area contributed by atoms with Crippen molar-refractivity contribution in [3.8, 4) is 5.88 Å². The molecule has 2 aromatic heterocycles. The molecule has 0 saturated heterocycles. The van der Waals surface area contributed by atoms with Crippen LogP contribution in [0.5, 0.6) is 5.88 Å². The SMILES string of the molecule is CCOc1ccc2[nH]c(COC(C)(C)C)nc2n1. The lowest BCUT2D eigenvalue weighted by atomic mass is 10.2. The van der Waals surface area contributed by atoms with Crippen molar-refractivity contribution in [2.75, 3.05) is 6.61 Å². The smallest absolute Gasteiger partial charge is 0.215 e. The van der Waals surface area contributed by atoms with E-state index in [1.807, 2.05) is 39.8 Å². The van der Waals surface area contributed by atoms with E-state index in [9.17, 15) is 0 Å². The maximum Gasteiger partial charge on any atom is 0.215 e. The molecule has 0 spiro atoms. The highest BCUT2D eigenvalue weighted by atomic mass is 16.5. The molecule has 0 aliphatic rings. The third kappa shape index (κ3) is 3.20. The first kappa shape index (κ1) is 12.8. The van der Waals surface area contributed by atoms with Gasteiger partial charge in [-0.3, -0.25) is 0 Å². The third-order valence-electron chi connectivity index (χ3n) is 2.30. The Hall–Kier alpha value is -1.62. The first-order valence-electron chi connectivity index (χ1n) is 6.10. The summed E-state index contributed by atoms with van der Waals surface area (Å²) in [4.78, 5) is 11.9. The molecule has 5 heteroatoms. The Balaban J connectivity index is 2.16. The molecule has 18 heavy (non-hydrogen) atoms. The highest BCUT2D eigenvalue weighted by Gasteiger charge is 2.12. The van der Waals surface area contributed by atoms with Crippen molar-refractivity contribution in [1.29, 1.82) is 0 Å². The number of rotatable bonds is 4. The number of aromatic nitrogens is 3. The van der Waals surface area contributed by atoms with Crippen LogP contribution in [-0.2, 0) is 11.3 Å². The Kier molecular flexibility index (Phi) is 3.52. The number of aromatic amines is 1. The number of fused-ring (bicyclic) bond motifs is 1. The fourth-order valence-electron chi connectivity index (χ4n) is 1.51. The Morgan fingerprint density at radius 1 is 1.22 bits per heavy atom. The van der Waals surface area contributed by atoms with Crippen LogP contribution in [0.15, 0.2) is 12.1 Å². The Morgan fingerprint density at radius 2 is 2.00 bits per heavy atom. The van der Waals surface area contributed by atoms with Crippen LogP contribution in [0.1, 0.15) is 33.5 Å². The normalized spacial score (nSPS) is 12.0. The molecule has 0 radical (unpaired) electrons. The summed E-state index contributed by atoms with van der Waals surface area (Å²) in [5, 5.41) is 0. The maximum absolute atomic E-state index is 5.67. The molecule has 0 saturated carbocycles. The van der Waals surface area contributed by atoms with E-state index in [4.69, 9.17) is 9.47 Å². The van der Waals surface area contributed by atoms with Crippen molar-refractivity contribution in [2.24, 2.45) is 0 Å². The van der Waals surface area contributed by atoms with Crippen molar-refractivity contribution in [3.63, 3.8) is 0 Å². The molecular formula is C13H19N3O2. The largest absolute Gasteiger partial charge is 0.478 e. The van der Waals surface area contributed by atoms with Gasteiger partial charge >= 0.3 is 0 Å². The maximum atomic E-state index is 5.67. The molecule has 1 N–H and O–H groups in total. The number of imidazole rings is 1. The molecule has 0 atom stereocenters. The van der Waals surface area contributed by atoms with Crippen molar-refractivity contribution < 1.29 is 9.47 Å². The second-order valence-electron chi connectivity index (χ2n) is 5.04. The molecule has 2 heterocycles. The molecule has 0 fully saturated rings. The van der Waals surface area contributed by atoms with Crippen LogP contribution >= 0.6 is 0 Å². The zero-order valence-corrected chi connectivity index (χ0v) is 11.3. The summed E-state index contributed by atoms with van der Waals surface area (Å²) in [5.74, 6) is 1.38. The average molecular weight is 249 g/mol. The van der Waals surface area contributed by atoms with E-state index in [1.165, 1.54) is 0 Å². The molecule has 0 bridgehead atoms. The molecule has 0 aromatic carbocycles. The molecule has 98 valence electrons. The predicted molar refractivity (Wildman–Crippen MR) is 69.6 cm³/mol. The highest BCUT2D eigenvalue weighted by Crippen LogP contribution is 2.16. The fourth-order valence-corrected chi connectivity index (χ4v) is 1.51. The number of nitrogens with one attached hydrogen (secondary N) is 1. The Bertz CT molecular complexity index is 529. The molecule has 0 amide bonds. The zero-order valence-electron chi connectivity index (χ0n) is 11.3. The number of hydrogen-bond donors (Lipinski definition) is 1. The lowest BCUT2D eigenvalue weighted by Crippen LogP contribution is -2.19. The van der Waals surface area contributed by atoms with E-state index in [0.717, 1.165) is 11.3 Å². The number of pyridine rings is 1. The first-order chi connectivity index (χ1) is 8.48. The molecule has 0 aliphatic heterocycles. The van der Waals surface area contributed by atoms with Gasteiger partial charge in [0.05, 0.1) is 17.7 Å². The van der Waals surface area contributed by atoms with E-state index in [0.29, 0.717) is 24.7 Å². The monoisotopic (exact) mass is 249 g/mol. The Morgan fingerprint density at radius 3 is 2.67 bits per heavy atom. The molecule has 2 aromatic rings. The minimum atomic E-state index is -0.178. The van der Waals surface area contributed by atoms with E-state index in [-0.39, 0.29) is 5.60 Å². The summed E-state index contributed by atoms with van der Waals surface area (Å²) in [7, 11) is 0. The van der Waals surface area contributed by atoms with Crippen LogP contribution in [-0.4, -0.2) is 27.2 Å². The highest BCUT2D eigenvalue weighted by molar-refractivity contribution is 5.71. The zero-order chi connectivity index (χ0) is 13.2. The van der Waals surface area contributed by atoms with E-state index >= 15 is 0 Å². The molecular weight excluding hydrogens is 230 g/mol. The molecule has 5 nitrogen and oxygen atoms in total. The number of hydrogen-bond acceptors (Lipinski definition) is 4. The second-order valence-corrected chi connectivity index (χ2v) is 5.04. The number of H-pyrrole nitrogens is 1. The van der Waals surface area contributed by atoms with Crippen molar-refractivity contribution in [2.45, 2.75) is 39.9 Å². The summed E-state index contributed by atoms with van der Waals surface area (Å²) in [6.45, 7) is 9.02. The second kappa shape index (κ2) is 4.94. The Labute approximate surface area is 107 Å². The van der Waals surface area contributed by atoms with Crippen LogP contribution in [0.4, 0.5) is 0 Å². The standard InChI is InChI=1S/C13H19N3O2/c1-5-17-11-7-6-9-12(16-11)15-10(14-9)8-18-13(2,3)4/h6-7H,5,8H2,1-4H3,(H,14,15,16). The summed E-state index contributed by atoms with van der Waals surface area (Å²) >= 11 is 0. The van der Waals surface area contributed by atoms with Gasteiger partial charge < -0.3 is 14.5 Å². The molecule has 2 rings (SSSR count). The topological polar surface area (TPSA) is 60.0 Å². The van der Waals surface area contributed by atoms with Gasteiger partial charge in [0.15, 0.2) is 5.65 Å². The van der Waals surface area contributed by atoms with Crippen LogP contribution < -0.4 is 4.74 Å². The number of ether oxygens (including phenoxy) is 2. The van der Waals surface area contributed by atoms with Crippen LogP contribution in [0.2, 0.25) is 0 Å². The van der Waals surface area contributed by atoms with Gasteiger partial charge in [-0.25, -0.2) is 4.98 Å². The van der Waals surface area contributed by atoms with Gasteiger partial charge in [-0.1, -0.05) is 0 Å².